The summed E-state index contributed by atoms with van der Waals surface area (Å²) in [6.45, 7) is 2.05. The summed E-state index contributed by atoms with van der Waals surface area (Å²) in [4.78, 5) is 29.9. The molecule has 0 unspecified atom stereocenters. The number of carbonyl (C=O) groups is 1. The van der Waals surface area contributed by atoms with Crippen molar-refractivity contribution in [3.8, 4) is 17.0 Å². The van der Waals surface area contributed by atoms with Gasteiger partial charge in [0.2, 0.25) is 5.78 Å². The standard InChI is InChI=1S/C21H17N3O5S/c1-3-14-12-23-15(7-8-17(25)19-5-4-10-29-19)20(22-21(23)30-14)13-6-9-18(28-2)16(11-13)24(26)27/h4-12H,3H2,1-2H3/b8-7+. The third-order valence-electron chi connectivity index (χ3n) is 4.57. The fourth-order valence-electron chi connectivity index (χ4n) is 3.08. The molecule has 4 aromatic rings. The number of benzene rings is 1. The first-order valence-corrected chi connectivity index (χ1v) is 9.93. The Morgan fingerprint density at radius 1 is 1.40 bits per heavy atom. The highest BCUT2D eigenvalue weighted by molar-refractivity contribution is 7.17. The number of thiazole rings is 1. The van der Waals surface area contributed by atoms with Crippen LogP contribution in [0.15, 0.2) is 53.3 Å². The molecule has 0 aliphatic carbocycles. The van der Waals surface area contributed by atoms with E-state index in [1.807, 2.05) is 10.6 Å². The van der Waals surface area contributed by atoms with Crippen LogP contribution in [-0.4, -0.2) is 27.2 Å². The number of aryl methyl sites for hydroxylation is 1. The number of hydrogen-bond acceptors (Lipinski definition) is 7. The molecule has 0 aliphatic heterocycles. The molecule has 3 aromatic heterocycles. The molecule has 0 amide bonds. The molecule has 8 nitrogen and oxygen atoms in total. The molecule has 0 fully saturated rings. The van der Waals surface area contributed by atoms with Gasteiger partial charge in [-0.3, -0.25) is 19.3 Å². The number of nitro benzene ring substituents is 1. The molecule has 3 heterocycles. The second kappa shape index (κ2) is 7.96. The van der Waals surface area contributed by atoms with Gasteiger partial charge in [-0.15, -0.1) is 11.3 Å². The van der Waals surface area contributed by atoms with E-state index in [2.05, 4.69) is 11.9 Å². The zero-order valence-corrected chi connectivity index (χ0v) is 17.0. The molecule has 30 heavy (non-hydrogen) atoms. The van der Waals surface area contributed by atoms with E-state index in [9.17, 15) is 14.9 Å². The molecule has 0 radical (unpaired) electrons. The summed E-state index contributed by atoms with van der Waals surface area (Å²) in [6, 6.07) is 7.92. The van der Waals surface area contributed by atoms with Crippen molar-refractivity contribution in [3.63, 3.8) is 0 Å². The van der Waals surface area contributed by atoms with E-state index in [1.54, 1.807) is 30.3 Å². The summed E-state index contributed by atoms with van der Waals surface area (Å²) in [6.07, 6.45) is 7.32. The summed E-state index contributed by atoms with van der Waals surface area (Å²) < 4.78 is 12.1. The lowest BCUT2D eigenvalue weighted by atomic mass is 10.1. The van der Waals surface area contributed by atoms with Crippen LogP contribution in [0.2, 0.25) is 0 Å². The summed E-state index contributed by atoms with van der Waals surface area (Å²) in [5.41, 5.74) is 1.60. The monoisotopic (exact) mass is 423 g/mol. The maximum atomic E-state index is 12.4. The highest BCUT2D eigenvalue weighted by Gasteiger charge is 2.20. The molecule has 0 spiro atoms. The highest BCUT2D eigenvalue weighted by Crippen LogP contribution is 2.35. The molecule has 9 heteroatoms. The first-order chi connectivity index (χ1) is 14.5. The van der Waals surface area contributed by atoms with E-state index >= 15 is 0 Å². The predicted molar refractivity (Wildman–Crippen MR) is 113 cm³/mol. The number of carbonyl (C=O) groups excluding carboxylic acids is 1. The summed E-state index contributed by atoms with van der Waals surface area (Å²) in [7, 11) is 1.38. The number of ether oxygens (including phenoxy) is 1. The van der Waals surface area contributed by atoms with Gasteiger partial charge in [-0.1, -0.05) is 6.92 Å². The average Bonchev–Trinajstić information content (AvgIpc) is 3.47. The second-order valence-electron chi connectivity index (χ2n) is 6.37. The van der Waals surface area contributed by atoms with Crippen molar-refractivity contribution in [1.29, 1.82) is 0 Å². The van der Waals surface area contributed by atoms with Gasteiger partial charge >= 0.3 is 5.69 Å². The molecule has 0 atom stereocenters. The van der Waals surface area contributed by atoms with E-state index in [-0.39, 0.29) is 23.0 Å². The quantitative estimate of drug-likeness (QED) is 0.179. The Labute approximate surface area is 175 Å². The van der Waals surface area contributed by atoms with Crippen LogP contribution < -0.4 is 4.74 Å². The Kier molecular flexibility index (Phi) is 5.20. The number of methoxy groups -OCH3 is 1. The Hall–Kier alpha value is -3.72. The molecule has 0 saturated heterocycles. The van der Waals surface area contributed by atoms with Gasteiger partial charge in [-0.25, -0.2) is 4.98 Å². The number of nitrogens with zero attached hydrogens (tertiary/aromatic N) is 3. The lowest BCUT2D eigenvalue weighted by Gasteiger charge is -2.04. The van der Waals surface area contributed by atoms with Gasteiger partial charge in [-0.05, 0) is 42.8 Å². The molecule has 0 aliphatic rings. The SMILES string of the molecule is CCc1cn2c(/C=C/C(=O)c3ccco3)c(-c3ccc(OC)c([N+](=O)[O-])c3)nc2s1. The van der Waals surface area contributed by atoms with Gasteiger partial charge in [0.1, 0.15) is 0 Å². The van der Waals surface area contributed by atoms with E-state index < -0.39 is 4.92 Å². The van der Waals surface area contributed by atoms with Gasteiger partial charge in [0, 0.05) is 22.7 Å². The normalized spacial score (nSPS) is 11.4. The van der Waals surface area contributed by atoms with Crippen LogP contribution in [0.25, 0.3) is 22.3 Å². The van der Waals surface area contributed by atoms with Crippen molar-refractivity contribution in [1.82, 2.24) is 9.38 Å². The minimum atomic E-state index is -0.494. The molecule has 1 aromatic carbocycles. The maximum Gasteiger partial charge on any atom is 0.311 e. The molecule has 4 rings (SSSR count). The number of furan rings is 1. The van der Waals surface area contributed by atoms with Gasteiger partial charge in [0.15, 0.2) is 16.5 Å². The smallest absolute Gasteiger partial charge is 0.311 e. The van der Waals surface area contributed by atoms with Crippen molar-refractivity contribution in [2.24, 2.45) is 0 Å². The van der Waals surface area contributed by atoms with Gasteiger partial charge in [0.25, 0.3) is 0 Å². The van der Waals surface area contributed by atoms with E-state index in [0.29, 0.717) is 17.0 Å². The van der Waals surface area contributed by atoms with E-state index in [4.69, 9.17) is 9.15 Å². The molecular formula is C21H17N3O5S. The van der Waals surface area contributed by atoms with Crippen molar-refractivity contribution < 1.29 is 18.9 Å². The number of rotatable bonds is 7. The highest BCUT2D eigenvalue weighted by atomic mass is 32.1. The fraction of sp³-hybridized carbons (Fsp3) is 0.143. The minimum Gasteiger partial charge on any atom is -0.490 e. The third-order valence-corrected chi connectivity index (χ3v) is 5.69. The molecule has 0 bridgehead atoms. The molecule has 0 saturated carbocycles. The lowest BCUT2D eigenvalue weighted by molar-refractivity contribution is -0.385. The van der Waals surface area contributed by atoms with Crippen molar-refractivity contribution in [2.45, 2.75) is 13.3 Å². The third kappa shape index (κ3) is 3.50. The van der Waals surface area contributed by atoms with Crippen LogP contribution in [-0.2, 0) is 6.42 Å². The Morgan fingerprint density at radius 2 is 2.23 bits per heavy atom. The minimum absolute atomic E-state index is 0.151. The lowest BCUT2D eigenvalue weighted by Crippen LogP contribution is -1.95. The van der Waals surface area contributed by atoms with Gasteiger partial charge < -0.3 is 9.15 Å². The Morgan fingerprint density at radius 3 is 2.90 bits per heavy atom. The largest absolute Gasteiger partial charge is 0.490 e. The van der Waals surface area contributed by atoms with Gasteiger partial charge in [0.05, 0.1) is 29.7 Å². The molecule has 0 N–H and O–H groups in total. The number of aromatic nitrogens is 2. The summed E-state index contributed by atoms with van der Waals surface area (Å²) in [5, 5.41) is 11.4. The van der Waals surface area contributed by atoms with Crippen LogP contribution in [0.3, 0.4) is 0 Å². The second-order valence-corrected chi connectivity index (χ2v) is 7.46. The van der Waals surface area contributed by atoms with Crippen LogP contribution in [0.1, 0.15) is 28.0 Å². The van der Waals surface area contributed by atoms with Crippen LogP contribution >= 0.6 is 11.3 Å². The number of allylic oxidation sites excluding steroid dienone is 1. The van der Waals surface area contributed by atoms with Crippen LogP contribution in [0.5, 0.6) is 5.75 Å². The van der Waals surface area contributed by atoms with E-state index in [1.165, 1.54) is 36.9 Å². The zero-order chi connectivity index (χ0) is 21.3. The number of hydrogen-bond donors (Lipinski definition) is 0. The fourth-order valence-corrected chi connectivity index (χ4v) is 4.00. The first kappa shape index (κ1) is 19.6. The average molecular weight is 423 g/mol. The molecular weight excluding hydrogens is 406 g/mol. The zero-order valence-electron chi connectivity index (χ0n) is 16.2. The summed E-state index contributed by atoms with van der Waals surface area (Å²) >= 11 is 1.53. The Balaban J connectivity index is 1.85. The molecule has 152 valence electrons. The van der Waals surface area contributed by atoms with Gasteiger partial charge in [-0.2, -0.15) is 0 Å². The number of nitro groups is 1. The number of ketones is 1. The van der Waals surface area contributed by atoms with E-state index in [0.717, 1.165) is 16.3 Å². The predicted octanol–water partition coefficient (Wildman–Crippen LogP) is 5.03. The van der Waals surface area contributed by atoms with Crippen LogP contribution in [0, 0.1) is 10.1 Å². The van der Waals surface area contributed by atoms with Crippen LogP contribution in [0.4, 0.5) is 5.69 Å². The van der Waals surface area contributed by atoms with Crippen molar-refractivity contribution in [2.75, 3.05) is 7.11 Å². The Bertz CT molecular complexity index is 1270. The maximum absolute atomic E-state index is 12.4. The topological polar surface area (TPSA) is 99.9 Å². The number of imidazole rings is 1. The first-order valence-electron chi connectivity index (χ1n) is 9.11. The van der Waals surface area contributed by atoms with Crippen molar-refractivity contribution >= 4 is 33.8 Å². The summed E-state index contributed by atoms with van der Waals surface area (Å²) in [5.74, 6) is 0.115. The number of fused-ring (bicyclic) bond motifs is 1. The van der Waals surface area contributed by atoms with Crippen molar-refractivity contribution in [3.05, 3.63) is 75.3 Å².